The number of amides is 1. The molecule has 0 atom stereocenters. The van der Waals surface area contributed by atoms with E-state index in [2.05, 4.69) is 0 Å². The van der Waals surface area contributed by atoms with Crippen LogP contribution < -0.4 is 5.73 Å². The zero-order valence-electron chi connectivity index (χ0n) is 9.10. The monoisotopic (exact) mass is 241 g/mol. The molecule has 2 N–H and O–H groups in total. The highest BCUT2D eigenvalue weighted by atomic mass is 16.4. The minimum Gasteiger partial charge on any atom is -0.447 e. The minimum atomic E-state index is -0.811. The molecule has 3 rings (SSSR count). The van der Waals surface area contributed by atoms with Gasteiger partial charge in [-0.05, 0) is 0 Å². The maximum absolute atomic E-state index is 12.1. The molecule has 0 fully saturated rings. The van der Waals surface area contributed by atoms with Crippen molar-refractivity contribution in [3.63, 3.8) is 0 Å². The van der Waals surface area contributed by atoms with E-state index in [0.29, 0.717) is 5.56 Å². The molecule has 1 aliphatic carbocycles. The van der Waals surface area contributed by atoms with E-state index < -0.39 is 11.7 Å². The Morgan fingerprint density at radius 3 is 2.22 bits per heavy atom. The summed E-state index contributed by atoms with van der Waals surface area (Å²) >= 11 is 0. The number of primary amides is 1. The lowest BCUT2D eigenvalue weighted by Crippen LogP contribution is -2.18. The van der Waals surface area contributed by atoms with Crippen LogP contribution in [-0.2, 0) is 0 Å². The van der Waals surface area contributed by atoms with E-state index in [4.69, 9.17) is 10.2 Å². The van der Waals surface area contributed by atoms with Gasteiger partial charge in [-0.3, -0.25) is 14.4 Å². The fraction of sp³-hybridized carbons (Fsp3) is 0. The second kappa shape index (κ2) is 3.40. The van der Waals surface area contributed by atoms with Crippen molar-refractivity contribution in [2.24, 2.45) is 5.73 Å². The third-order valence-corrected chi connectivity index (χ3v) is 2.84. The predicted octanol–water partition coefficient (Wildman–Crippen LogP) is 1.15. The molecule has 1 aromatic heterocycles. The number of hydrogen-bond donors (Lipinski definition) is 1. The molecule has 2 aromatic rings. The molecule has 0 bridgehead atoms. The number of rotatable bonds is 1. The van der Waals surface area contributed by atoms with Crippen molar-refractivity contribution in [3.8, 4) is 0 Å². The van der Waals surface area contributed by atoms with Gasteiger partial charge in [-0.2, -0.15) is 0 Å². The van der Waals surface area contributed by atoms with Gasteiger partial charge in [0, 0.05) is 17.2 Å². The van der Waals surface area contributed by atoms with Gasteiger partial charge in [-0.25, -0.2) is 0 Å². The first-order valence-corrected chi connectivity index (χ1v) is 5.21. The highest BCUT2D eigenvalue weighted by molar-refractivity contribution is 6.27. The van der Waals surface area contributed by atoms with Crippen LogP contribution in [0, 0.1) is 0 Å². The summed E-state index contributed by atoms with van der Waals surface area (Å²) in [6, 6.07) is 7.66. The fourth-order valence-electron chi connectivity index (χ4n) is 2.00. The summed E-state index contributed by atoms with van der Waals surface area (Å²) in [5.41, 5.74) is 5.75. The van der Waals surface area contributed by atoms with Crippen LogP contribution in [-0.4, -0.2) is 17.5 Å². The van der Waals surface area contributed by atoms with Crippen molar-refractivity contribution in [1.29, 1.82) is 0 Å². The van der Waals surface area contributed by atoms with Gasteiger partial charge in [-0.15, -0.1) is 0 Å². The molecule has 0 saturated heterocycles. The molecule has 88 valence electrons. The van der Waals surface area contributed by atoms with Gasteiger partial charge in [0.15, 0.2) is 17.3 Å². The summed E-state index contributed by atoms with van der Waals surface area (Å²) in [5.74, 6) is -1.86. The Morgan fingerprint density at radius 2 is 1.61 bits per heavy atom. The summed E-state index contributed by atoms with van der Waals surface area (Å²) < 4.78 is 5.06. The molecule has 0 saturated carbocycles. The average molecular weight is 241 g/mol. The van der Waals surface area contributed by atoms with E-state index in [-0.39, 0.29) is 28.4 Å². The van der Waals surface area contributed by atoms with Crippen molar-refractivity contribution in [1.82, 2.24) is 0 Å². The summed E-state index contributed by atoms with van der Waals surface area (Å²) in [6.07, 6.45) is 0. The highest BCUT2D eigenvalue weighted by Gasteiger charge is 2.33. The van der Waals surface area contributed by atoms with Gasteiger partial charge < -0.3 is 10.2 Å². The number of ketones is 2. The van der Waals surface area contributed by atoms with Crippen molar-refractivity contribution in [2.45, 2.75) is 0 Å². The lowest BCUT2D eigenvalue weighted by atomic mass is 9.89. The van der Waals surface area contributed by atoms with Gasteiger partial charge in [0.05, 0.1) is 5.56 Å². The lowest BCUT2D eigenvalue weighted by molar-refractivity contribution is 0.0943. The highest BCUT2D eigenvalue weighted by Crippen LogP contribution is 2.29. The molecule has 1 amide bonds. The Morgan fingerprint density at radius 1 is 1.00 bits per heavy atom. The van der Waals surface area contributed by atoms with E-state index in [1.165, 1.54) is 6.07 Å². The van der Waals surface area contributed by atoms with E-state index in [9.17, 15) is 14.4 Å². The third-order valence-electron chi connectivity index (χ3n) is 2.84. The van der Waals surface area contributed by atoms with Crippen molar-refractivity contribution >= 4 is 17.5 Å². The van der Waals surface area contributed by atoms with Gasteiger partial charge in [-0.1, -0.05) is 24.3 Å². The van der Waals surface area contributed by atoms with Gasteiger partial charge >= 0.3 is 0 Å². The van der Waals surface area contributed by atoms with Crippen LogP contribution in [0.3, 0.4) is 0 Å². The lowest BCUT2D eigenvalue weighted by Gasteiger charge is -2.11. The summed E-state index contributed by atoms with van der Waals surface area (Å²) in [4.78, 5) is 35.2. The molecular formula is C13H7NO4. The SMILES string of the molecule is NC(=O)c1cc2c(o1)C(=O)c1ccccc1C2=O. The Hall–Kier alpha value is -2.69. The van der Waals surface area contributed by atoms with E-state index in [1.54, 1.807) is 24.3 Å². The number of benzene rings is 1. The van der Waals surface area contributed by atoms with Crippen LogP contribution in [0.25, 0.3) is 0 Å². The number of carbonyl (C=O) groups is 3. The fourth-order valence-corrected chi connectivity index (χ4v) is 2.00. The largest absolute Gasteiger partial charge is 0.447 e. The van der Waals surface area contributed by atoms with E-state index >= 15 is 0 Å². The normalized spacial score (nSPS) is 13.1. The first-order chi connectivity index (χ1) is 8.59. The molecule has 18 heavy (non-hydrogen) atoms. The number of carbonyl (C=O) groups excluding carboxylic acids is 3. The van der Waals surface area contributed by atoms with Crippen molar-refractivity contribution < 1.29 is 18.8 Å². The first-order valence-electron chi connectivity index (χ1n) is 5.21. The smallest absolute Gasteiger partial charge is 0.284 e. The van der Waals surface area contributed by atoms with Crippen LogP contribution >= 0.6 is 0 Å². The molecule has 0 aliphatic heterocycles. The number of hydrogen-bond acceptors (Lipinski definition) is 4. The molecular weight excluding hydrogens is 234 g/mol. The van der Waals surface area contributed by atoms with Gasteiger partial charge in [0.2, 0.25) is 5.78 Å². The van der Waals surface area contributed by atoms with Crippen LogP contribution in [0.5, 0.6) is 0 Å². The Balaban J connectivity index is 2.27. The Labute approximate surface area is 101 Å². The molecule has 1 aliphatic rings. The van der Waals surface area contributed by atoms with Crippen molar-refractivity contribution in [2.75, 3.05) is 0 Å². The molecule has 5 nitrogen and oxygen atoms in total. The van der Waals surface area contributed by atoms with Crippen LogP contribution in [0.1, 0.15) is 42.6 Å². The number of nitrogens with two attached hydrogens (primary N) is 1. The molecule has 1 aromatic carbocycles. The Kier molecular flexibility index (Phi) is 1.98. The molecule has 5 heteroatoms. The quantitative estimate of drug-likeness (QED) is 0.692. The summed E-state index contributed by atoms with van der Waals surface area (Å²) in [6.45, 7) is 0. The summed E-state index contributed by atoms with van der Waals surface area (Å²) in [5, 5.41) is 0. The second-order valence-electron chi connectivity index (χ2n) is 3.92. The second-order valence-corrected chi connectivity index (χ2v) is 3.92. The van der Waals surface area contributed by atoms with Gasteiger partial charge in [0.25, 0.3) is 5.91 Å². The zero-order chi connectivity index (χ0) is 12.9. The molecule has 0 unspecified atom stereocenters. The average Bonchev–Trinajstić information content (AvgIpc) is 2.81. The van der Waals surface area contributed by atoms with Gasteiger partial charge in [0.1, 0.15) is 0 Å². The maximum atomic E-state index is 12.1. The molecule has 0 radical (unpaired) electrons. The van der Waals surface area contributed by atoms with E-state index in [1.807, 2.05) is 0 Å². The van der Waals surface area contributed by atoms with E-state index in [0.717, 1.165) is 0 Å². The topological polar surface area (TPSA) is 90.4 Å². The van der Waals surface area contributed by atoms with Crippen LogP contribution in [0.4, 0.5) is 0 Å². The molecule has 1 heterocycles. The van der Waals surface area contributed by atoms with Crippen LogP contribution in [0.2, 0.25) is 0 Å². The standard InChI is InChI=1S/C13H7NO4/c14-13(17)9-5-8-10(15)6-3-1-2-4-7(6)11(16)12(8)18-9/h1-5H,(H2,14,17). The maximum Gasteiger partial charge on any atom is 0.284 e. The Bertz CT molecular complexity index is 659. The minimum absolute atomic E-state index is 0.0903. The summed E-state index contributed by atoms with van der Waals surface area (Å²) in [7, 11) is 0. The predicted molar refractivity (Wildman–Crippen MR) is 60.5 cm³/mol. The zero-order valence-corrected chi connectivity index (χ0v) is 9.10. The van der Waals surface area contributed by atoms with Crippen LogP contribution in [0.15, 0.2) is 34.7 Å². The third kappa shape index (κ3) is 1.24. The number of fused-ring (bicyclic) bond motifs is 2. The first kappa shape index (κ1) is 10.5. The van der Waals surface area contributed by atoms with Crippen molar-refractivity contribution in [3.05, 3.63) is 58.5 Å². The number of furan rings is 1. The molecule has 0 spiro atoms.